The monoisotopic (exact) mass is 391 g/mol. The van der Waals surface area contributed by atoms with Gasteiger partial charge in [-0.05, 0) is 63.1 Å². The van der Waals surface area contributed by atoms with Crippen LogP contribution in [0.1, 0.15) is 51.0 Å². The van der Waals surface area contributed by atoms with Crippen molar-refractivity contribution in [2.75, 3.05) is 20.2 Å². The van der Waals surface area contributed by atoms with Crippen LogP contribution in [-0.2, 0) is 14.9 Å². The summed E-state index contributed by atoms with van der Waals surface area (Å²) in [5.74, 6) is 0.842. The van der Waals surface area contributed by atoms with E-state index in [0.29, 0.717) is 12.6 Å². The SMILES string of the molecule is CCOC(=O)C1CCC(NC(=NC)NCC2(c3cccc(Cl)c3)CC2)CC1. The second-order valence-electron chi connectivity index (χ2n) is 7.66. The van der Waals surface area contributed by atoms with E-state index in [4.69, 9.17) is 16.3 Å². The van der Waals surface area contributed by atoms with Gasteiger partial charge in [-0.15, -0.1) is 0 Å². The molecule has 148 valence electrons. The number of guanidine groups is 1. The third-order valence-corrected chi connectivity index (χ3v) is 6.03. The van der Waals surface area contributed by atoms with Gasteiger partial charge in [0.25, 0.3) is 0 Å². The molecule has 2 aliphatic rings. The lowest BCUT2D eigenvalue weighted by atomic mass is 9.86. The first-order valence-electron chi connectivity index (χ1n) is 9.96. The van der Waals surface area contributed by atoms with E-state index in [0.717, 1.165) is 43.2 Å². The Labute approximate surface area is 166 Å². The molecule has 27 heavy (non-hydrogen) atoms. The maximum absolute atomic E-state index is 11.9. The van der Waals surface area contributed by atoms with Gasteiger partial charge in [-0.25, -0.2) is 0 Å². The Balaban J connectivity index is 1.47. The van der Waals surface area contributed by atoms with Crippen LogP contribution in [0.3, 0.4) is 0 Å². The highest BCUT2D eigenvalue weighted by atomic mass is 35.5. The van der Waals surface area contributed by atoms with Crippen molar-refractivity contribution in [1.82, 2.24) is 10.6 Å². The number of esters is 1. The van der Waals surface area contributed by atoms with Gasteiger partial charge >= 0.3 is 5.97 Å². The summed E-state index contributed by atoms with van der Waals surface area (Å²) in [6, 6.07) is 8.52. The average molecular weight is 392 g/mol. The van der Waals surface area contributed by atoms with Crippen LogP contribution in [0.2, 0.25) is 5.02 Å². The van der Waals surface area contributed by atoms with Gasteiger partial charge in [-0.3, -0.25) is 9.79 Å². The van der Waals surface area contributed by atoms with E-state index in [1.165, 1.54) is 18.4 Å². The summed E-state index contributed by atoms with van der Waals surface area (Å²) in [6.07, 6.45) is 6.01. The lowest BCUT2D eigenvalue weighted by Crippen LogP contribution is -2.47. The zero-order valence-electron chi connectivity index (χ0n) is 16.3. The Morgan fingerprint density at radius 3 is 2.63 bits per heavy atom. The van der Waals surface area contributed by atoms with Crippen molar-refractivity contribution in [2.45, 2.75) is 56.9 Å². The van der Waals surface area contributed by atoms with Crippen molar-refractivity contribution in [3.05, 3.63) is 34.9 Å². The Kier molecular flexibility index (Phi) is 6.64. The minimum Gasteiger partial charge on any atom is -0.466 e. The molecule has 0 atom stereocenters. The minimum atomic E-state index is -0.0457. The molecule has 1 aromatic carbocycles. The van der Waals surface area contributed by atoms with Gasteiger partial charge in [-0.1, -0.05) is 23.7 Å². The minimum absolute atomic E-state index is 0.0457. The molecule has 3 rings (SSSR count). The Morgan fingerprint density at radius 2 is 2.04 bits per heavy atom. The van der Waals surface area contributed by atoms with Gasteiger partial charge in [0, 0.05) is 30.1 Å². The molecule has 0 radical (unpaired) electrons. The van der Waals surface area contributed by atoms with E-state index in [2.05, 4.69) is 27.8 Å². The zero-order chi connectivity index (χ0) is 19.3. The van der Waals surface area contributed by atoms with E-state index >= 15 is 0 Å². The molecule has 2 N–H and O–H groups in total. The first kappa shape index (κ1) is 20.0. The largest absolute Gasteiger partial charge is 0.466 e. The Hall–Kier alpha value is -1.75. The molecule has 0 unspecified atom stereocenters. The molecule has 1 aromatic rings. The maximum atomic E-state index is 11.9. The van der Waals surface area contributed by atoms with Gasteiger partial charge in [0.1, 0.15) is 0 Å². The summed E-state index contributed by atoms with van der Waals surface area (Å²) in [6.45, 7) is 3.17. The summed E-state index contributed by atoms with van der Waals surface area (Å²) >= 11 is 6.16. The average Bonchev–Trinajstić information content (AvgIpc) is 3.47. The van der Waals surface area contributed by atoms with E-state index in [9.17, 15) is 4.79 Å². The fourth-order valence-electron chi connectivity index (χ4n) is 3.91. The molecule has 0 bridgehead atoms. The second-order valence-corrected chi connectivity index (χ2v) is 8.10. The maximum Gasteiger partial charge on any atom is 0.308 e. The number of aliphatic imine (C=N–C) groups is 1. The first-order chi connectivity index (χ1) is 13.1. The number of hydrogen-bond donors (Lipinski definition) is 2. The molecule has 2 aliphatic carbocycles. The van der Waals surface area contributed by atoms with Crippen LogP contribution in [0.15, 0.2) is 29.3 Å². The smallest absolute Gasteiger partial charge is 0.308 e. The van der Waals surface area contributed by atoms with Gasteiger partial charge in [0.05, 0.1) is 12.5 Å². The zero-order valence-corrected chi connectivity index (χ0v) is 17.0. The standard InChI is InChI=1S/C21H30ClN3O2/c1-3-27-19(26)15-7-9-18(10-8-15)25-20(23-2)24-14-21(11-12-21)16-5-4-6-17(22)13-16/h4-6,13,15,18H,3,7-12,14H2,1-2H3,(H2,23,24,25). The van der Waals surface area contributed by atoms with Crippen molar-refractivity contribution < 1.29 is 9.53 Å². The highest BCUT2D eigenvalue weighted by Gasteiger charge is 2.44. The number of hydrogen-bond acceptors (Lipinski definition) is 3. The molecular weight excluding hydrogens is 362 g/mol. The van der Waals surface area contributed by atoms with Crippen LogP contribution in [0.5, 0.6) is 0 Å². The van der Waals surface area contributed by atoms with Crippen LogP contribution in [0.25, 0.3) is 0 Å². The van der Waals surface area contributed by atoms with E-state index < -0.39 is 0 Å². The third kappa shape index (κ3) is 5.16. The van der Waals surface area contributed by atoms with Crippen molar-refractivity contribution in [3.8, 4) is 0 Å². The van der Waals surface area contributed by atoms with E-state index in [1.807, 2.05) is 19.1 Å². The predicted octanol–water partition coefficient (Wildman–Crippen LogP) is 3.66. The summed E-state index contributed by atoms with van der Waals surface area (Å²) in [7, 11) is 1.80. The summed E-state index contributed by atoms with van der Waals surface area (Å²) in [4.78, 5) is 16.3. The van der Waals surface area contributed by atoms with Crippen molar-refractivity contribution in [2.24, 2.45) is 10.9 Å². The number of nitrogens with one attached hydrogen (secondary N) is 2. The lowest BCUT2D eigenvalue weighted by molar-refractivity contribution is -0.149. The number of carbonyl (C=O) groups is 1. The van der Waals surface area contributed by atoms with Gasteiger partial charge < -0.3 is 15.4 Å². The molecule has 2 saturated carbocycles. The summed E-state index contributed by atoms with van der Waals surface area (Å²) in [5.41, 5.74) is 1.47. The molecule has 0 heterocycles. The number of nitrogens with zero attached hydrogens (tertiary/aromatic N) is 1. The topological polar surface area (TPSA) is 62.7 Å². The van der Waals surface area contributed by atoms with Gasteiger partial charge in [0.15, 0.2) is 5.96 Å². The van der Waals surface area contributed by atoms with Crippen molar-refractivity contribution in [3.63, 3.8) is 0 Å². The third-order valence-electron chi connectivity index (χ3n) is 5.80. The number of halogens is 1. The van der Waals surface area contributed by atoms with Gasteiger partial charge in [0.2, 0.25) is 0 Å². The summed E-state index contributed by atoms with van der Waals surface area (Å²) < 4.78 is 5.15. The Morgan fingerprint density at radius 1 is 1.30 bits per heavy atom. The predicted molar refractivity (Wildman–Crippen MR) is 109 cm³/mol. The van der Waals surface area contributed by atoms with Crippen molar-refractivity contribution >= 4 is 23.5 Å². The molecule has 2 fully saturated rings. The molecule has 0 saturated heterocycles. The van der Waals surface area contributed by atoms with Crippen LogP contribution in [-0.4, -0.2) is 38.2 Å². The van der Waals surface area contributed by atoms with Crippen LogP contribution in [0, 0.1) is 5.92 Å². The van der Waals surface area contributed by atoms with Crippen LogP contribution >= 0.6 is 11.6 Å². The molecule has 0 aliphatic heterocycles. The first-order valence-corrected chi connectivity index (χ1v) is 10.3. The molecule has 0 aromatic heterocycles. The normalized spacial score (nSPS) is 24.2. The fraction of sp³-hybridized carbons (Fsp3) is 0.619. The highest BCUT2D eigenvalue weighted by Crippen LogP contribution is 2.48. The molecule has 5 nitrogen and oxygen atoms in total. The fourth-order valence-corrected chi connectivity index (χ4v) is 4.10. The van der Waals surface area contributed by atoms with Crippen LogP contribution in [0.4, 0.5) is 0 Å². The molecule has 0 amide bonds. The number of rotatable bonds is 6. The molecule has 6 heteroatoms. The van der Waals surface area contributed by atoms with E-state index in [1.54, 1.807) is 7.05 Å². The molecule has 0 spiro atoms. The van der Waals surface area contributed by atoms with Crippen LogP contribution < -0.4 is 10.6 Å². The lowest BCUT2D eigenvalue weighted by Gasteiger charge is -2.29. The molecular formula is C21H30ClN3O2. The number of benzene rings is 1. The Bertz CT molecular complexity index is 680. The quantitative estimate of drug-likeness (QED) is 0.441. The second kappa shape index (κ2) is 8.96. The van der Waals surface area contributed by atoms with Crippen molar-refractivity contribution in [1.29, 1.82) is 0 Å². The number of ether oxygens (including phenoxy) is 1. The highest BCUT2D eigenvalue weighted by molar-refractivity contribution is 6.30. The summed E-state index contributed by atoms with van der Waals surface area (Å²) in [5, 5.41) is 7.81. The number of carbonyl (C=O) groups excluding carboxylic acids is 1. The van der Waals surface area contributed by atoms with Gasteiger partial charge in [-0.2, -0.15) is 0 Å². The van der Waals surface area contributed by atoms with E-state index in [-0.39, 0.29) is 17.3 Å².